The van der Waals surface area contributed by atoms with E-state index in [1.54, 1.807) is 13.2 Å². The van der Waals surface area contributed by atoms with E-state index in [1.807, 2.05) is 97.1 Å². The molecule has 0 saturated carbocycles. The molecule has 0 fully saturated rings. The predicted molar refractivity (Wildman–Crippen MR) is 129 cm³/mol. The van der Waals surface area contributed by atoms with E-state index < -0.39 is 0 Å². The highest BCUT2D eigenvalue weighted by atomic mass is 16.5. The maximum Gasteiger partial charge on any atom is 0.338 e. The van der Waals surface area contributed by atoms with Crippen molar-refractivity contribution in [1.29, 1.82) is 0 Å². The van der Waals surface area contributed by atoms with Gasteiger partial charge in [-0.25, -0.2) is 4.79 Å². The van der Waals surface area contributed by atoms with E-state index in [0.29, 0.717) is 30.1 Å². The van der Waals surface area contributed by atoms with Gasteiger partial charge in [-0.05, 0) is 46.9 Å². The van der Waals surface area contributed by atoms with Gasteiger partial charge < -0.3 is 14.2 Å². The Hall–Kier alpha value is -4.05. The van der Waals surface area contributed by atoms with Gasteiger partial charge in [0.2, 0.25) is 0 Å². The van der Waals surface area contributed by atoms with Crippen molar-refractivity contribution in [3.63, 3.8) is 0 Å². The van der Waals surface area contributed by atoms with Crippen LogP contribution in [0.25, 0.3) is 0 Å². The standard InChI is InChI=1S/C29H26O4/c1-31-27-17-16-24(19-28(27)32-20-22-10-4-2-5-11-22)18-25-14-8-9-15-26(25)29(30)33-21-23-12-6-3-7-13-23/h2-17,19H,18,20-21H2,1H3. The first-order valence-electron chi connectivity index (χ1n) is 10.9. The summed E-state index contributed by atoms with van der Waals surface area (Å²) < 4.78 is 17.1. The SMILES string of the molecule is COc1ccc(Cc2ccccc2C(=O)OCc2ccccc2)cc1OCc1ccccc1. The predicted octanol–water partition coefficient (Wildman–Crippen LogP) is 6.22. The van der Waals surface area contributed by atoms with Gasteiger partial charge in [-0.1, -0.05) is 84.9 Å². The van der Waals surface area contributed by atoms with Crippen molar-refractivity contribution in [2.75, 3.05) is 7.11 Å². The maximum absolute atomic E-state index is 12.8. The minimum Gasteiger partial charge on any atom is -0.493 e. The van der Waals surface area contributed by atoms with Gasteiger partial charge in [0.25, 0.3) is 0 Å². The lowest BCUT2D eigenvalue weighted by molar-refractivity contribution is 0.0471. The van der Waals surface area contributed by atoms with E-state index in [1.165, 1.54) is 0 Å². The summed E-state index contributed by atoms with van der Waals surface area (Å²) >= 11 is 0. The molecule has 0 N–H and O–H groups in total. The Kier molecular flexibility index (Phi) is 7.39. The second kappa shape index (κ2) is 11.0. The van der Waals surface area contributed by atoms with E-state index in [0.717, 1.165) is 22.3 Å². The fourth-order valence-corrected chi connectivity index (χ4v) is 3.57. The number of hydrogen-bond donors (Lipinski definition) is 0. The zero-order chi connectivity index (χ0) is 22.9. The van der Waals surface area contributed by atoms with E-state index >= 15 is 0 Å². The van der Waals surface area contributed by atoms with Crippen molar-refractivity contribution >= 4 is 5.97 Å². The van der Waals surface area contributed by atoms with Crippen molar-refractivity contribution in [1.82, 2.24) is 0 Å². The van der Waals surface area contributed by atoms with Crippen molar-refractivity contribution < 1.29 is 19.0 Å². The number of methoxy groups -OCH3 is 1. The first-order valence-corrected chi connectivity index (χ1v) is 10.9. The van der Waals surface area contributed by atoms with Gasteiger partial charge in [0.05, 0.1) is 12.7 Å². The number of hydrogen-bond acceptors (Lipinski definition) is 4. The van der Waals surface area contributed by atoms with E-state index in [2.05, 4.69) is 0 Å². The fourth-order valence-electron chi connectivity index (χ4n) is 3.57. The number of rotatable bonds is 9. The van der Waals surface area contributed by atoms with Crippen LogP contribution in [0.5, 0.6) is 11.5 Å². The first kappa shape index (κ1) is 22.2. The number of ether oxygens (including phenoxy) is 3. The second-order valence-electron chi connectivity index (χ2n) is 7.66. The molecule has 4 aromatic rings. The summed E-state index contributed by atoms with van der Waals surface area (Å²) in [6, 6.07) is 33.1. The molecule has 0 heterocycles. The zero-order valence-corrected chi connectivity index (χ0v) is 18.6. The molecule has 0 aliphatic rings. The van der Waals surface area contributed by atoms with Crippen LogP contribution in [0.4, 0.5) is 0 Å². The lowest BCUT2D eigenvalue weighted by atomic mass is 9.99. The summed E-state index contributed by atoms with van der Waals surface area (Å²) in [5.41, 5.74) is 4.52. The van der Waals surface area contributed by atoms with Crippen LogP contribution in [0.2, 0.25) is 0 Å². The average Bonchev–Trinajstić information content (AvgIpc) is 2.88. The third-order valence-electron chi connectivity index (χ3n) is 5.31. The molecule has 0 radical (unpaired) electrons. The van der Waals surface area contributed by atoms with Gasteiger partial charge in [0.15, 0.2) is 11.5 Å². The Labute approximate surface area is 194 Å². The monoisotopic (exact) mass is 438 g/mol. The van der Waals surface area contributed by atoms with Crippen LogP contribution in [-0.2, 0) is 24.4 Å². The normalized spacial score (nSPS) is 10.5. The van der Waals surface area contributed by atoms with E-state index in [-0.39, 0.29) is 12.6 Å². The molecule has 33 heavy (non-hydrogen) atoms. The molecule has 4 aromatic carbocycles. The molecular formula is C29H26O4. The van der Waals surface area contributed by atoms with Gasteiger partial charge in [-0.2, -0.15) is 0 Å². The van der Waals surface area contributed by atoms with Gasteiger partial charge in [0, 0.05) is 0 Å². The molecule has 0 spiro atoms. The highest BCUT2D eigenvalue weighted by Crippen LogP contribution is 2.30. The highest BCUT2D eigenvalue weighted by Gasteiger charge is 2.14. The molecular weight excluding hydrogens is 412 g/mol. The lowest BCUT2D eigenvalue weighted by Crippen LogP contribution is -2.09. The molecule has 4 rings (SSSR count). The van der Waals surface area contributed by atoms with Crippen LogP contribution in [0.1, 0.15) is 32.6 Å². The topological polar surface area (TPSA) is 44.8 Å². The van der Waals surface area contributed by atoms with Crippen LogP contribution in [0, 0.1) is 0 Å². The number of esters is 1. The van der Waals surface area contributed by atoms with Crippen molar-refractivity contribution in [3.8, 4) is 11.5 Å². The Balaban J connectivity index is 1.48. The maximum atomic E-state index is 12.8. The molecule has 4 heteroatoms. The summed E-state index contributed by atoms with van der Waals surface area (Å²) in [7, 11) is 1.63. The van der Waals surface area contributed by atoms with Crippen molar-refractivity contribution in [2.24, 2.45) is 0 Å². The largest absolute Gasteiger partial charge is 0.493 e. The first-order chi connectivity index (χ1) is 16.2. The minimum atomic E-state index is -0.330. The minimum absolute atomic E-state index is 0.244. The van der Waals surface area contributed by atoms with Crippen molar-refractivity contribution in [3.05, 3.63) is 131 Å². The Bertz CT molecular complexity index is 1190. The second-order valence-corrected chi connectivity index (χ2v) is 7.66. The van der Waals surface area contributed by atoms with E-state index in [9.17, 15) is 4.79 Å². The summed E-state index contributed by atoms with van der Waals surface area (Å²) in [4.78, 5) is 12.8. The van der Waals surface area contributed by atoms with Crippen LogP contribution >= 0.6 is 0 Å². The number of carbonyl (C=O) groups excluding carboxylic acids is 1. The van der Waals surface area contributed by atoms with Gasteiger partial charge in [0.1, 0.15) is 13.2 Å². The smallest absolute Gasteiger partial charge is 0.338 e. The Morgan fingerprint density at radius 1 is 0.667 bits per heavy atom. The Morgan fingerprint density at radius 3 is 2.00 bits per heavy atom. The fraction of sp³-hybridized carbons (Fsp3) is 0.138. The molecule has 0 aliphatic heterocycles. The molecule has 0 aromatic heterocycles. The van der Waals surface area contributed by atoms with Crippen LogP contribution in [0.15, 0.2) is 103 Å². The van der Waals surface area contributed by atoms with Crippen molar-refractivity contribution in [2.45, 2.75) is 19.6 Å². The highest BCUT2D eigenvalue weighted by molar-refractivity contribution is 5.91. The molecule has 0 unspecified atom stereocenters. The number of benzene rings is 4. The van der Waals surface area contributed by atoms with Gasteiger partial charge in [-0.15, -0.1) is 0 Å². The number of carbonyl (C=O) groups is 1. The molecule has 0 saturated heterocycles. The van der Waals surface area contributed by atoms with Gasteiger partial charge >= 0.3 is 5.97 Å². The quantitative estimate of drug-likeness (QED) is 0.291. The van der Waals surface area contributed by atoms with Crippen LogP contribution in [0.3, 0.4) is 0 Å². The van der Waals surface area contributed by atoms with Gasteiger partial charge in [-0.3, -0.25) is 0 Å². The molecule has 0 atom stereocenters. The summed E-state index contributed by atoms with van der Waals surface area (Å²) in [5, 5.41) is 0. The van der Waals surface area contributed by atoms with Crippen LogP contribution in [-0.4, -0.2) is 13.1 Å². The molecule has 4 nitrogen and oxygen atoms in total. The third kappa shape index (κ3) is 6.01. The Morgan fingerprint density at radius 2 is 1.30 bits per heavy atom. The van der Waals surface area contributed by atoms with Crippen LogP contribution < -0.4 is 9.47 Å². The third-order valence-corrected chi connectivity index (χ3v) is 5.31. The molecule has 0 amide bonds. The zero-order valence-electron chi connectivity index (χ0n) is 18.6. The lowest BCUT2D eigenvalue weighted by Gasteiger charge is -2.14. The molecule has 0 bridgehead atoms. The molecule has 0 aliphatic carbocycles. The summed E-state index contributed by atoms with van der Waals surface area (Å²) in [6.45, 7) is 0.692. The van der Waals surface area contributed by atoms with E-state index in [4.69, 9.17) is 14.2 Å². The molecule has 166 valence electrons. The average molecular weight is 439 g/mol. The summed E-state index contributed by atoms with van der Waals surface area (Å²) in [5.74, 6) is 1.01. The summed E-state index contributed by atoms with van der Waals surface area (Å²) in [6.07, 6.45) is 0.572.